The van der Waals surface area contributed by atoms with Gasteiger partial charge in [-0.25, -0.2) is 0 Å². The normalized spacial score (nSPS) is 35.7. The molecule has 2 unspecified atom stereocenters. The zero-order valence-corrected chi connectivity index (χ0v) is 13.3. The van der Waals surface area contributed by atoms with Gasteiger partial charge in [-0.2, -0.15) is 0 Å². The van der Waals surface area contributed by atoms with Crippen molar-refractivity contribution in [3.05, 3.63) is 6.42 Å². The van der Waals surface area contributed by atoms with E-state index in [0.29, 0.717) is 18.1 Å². The van der Waals surface area contributed by atoms with Crippen molar-refractivity contribution in [2.45, 2.75) is 39.4 Å². The van der Waals surface area contributed by atoms with E-state index in [1.165, 1.54) is 0 Å². The van der Waals surface area contributed by atoms with E-state index in [9.17, 15) is 0 Å². The minimum Gasteiger partial charge on any atom is -0.409 e. The van der Waals surface area contributed by atoms with Crippen LogP contribution in [0, 0.1) is 12.3 Å². The van der Waals surface area contributed by atoms with Gasteiger partial charge >= 0.3 is 0 Å². The molecule has 1 rings (SSSR count). The van der Waals surface area contributed by atoms with Gasteiger partial charge in [0.2, 0.25) is 0 Å². The standard InChI is InChI=1S/C8H15O.2Y/c1-4-8-6(2)5-7(3)9-8;;/h5-8H,4H2,1-3H3;;/q-1;;/t6?,7-,8?;;/m0../s1. The number of ether oxygens (including phenoxy) is 1. The van der Waals surface area contributed by atoms with Crippen molar-refractivity contribution in [2.24, 2.45) is 5.92 Å². The number of hydrogen-bond acceptors (Lipinski definition) is 1. The summed E-state index contributed by atoms with van der Waals surface area (Å²) in [5.41, 5.74) is 0. The fraction of sp³-hybridized carbons (Fsp3) is 0.875. The molecule has 0 N–H and O–H groups in total. The Labute approximate surface area is 120 Å². The van der Waals surface area contributed by atoms with Crippen molar-refractivity contribution in [3.8, 4) is 0 Å². The molecule has 0 aromatic carbocycles. The van der Waals surface area contributed by atoms with E-state index in [0.717, 1.165) is 6.42 Å². The van der Waals surface area contributed by atoms with E-state index >= 15 is 0 Å². The summed E-state index contributed by atoms with van der Waals surface area (Å²) < 4.78 is 5.57. The molecule has 1 saturated heterocycles. The molecule has 0 aromatic heterocycles. The van der Waals surface area contributed by atoms with Gasteiger partial charge in [-0.3, -0.25) is 6.42 Å². The van der Waals surface area contributed by atoms with Crippen molar-refractivity contribution in [1.29, 1.82) is 0 Å². The van der Waals surface area contributed by atoms with E-state index in [4.69, 9.17) is 4.74 Å². The summed E-state index contributed by atoms with van der Waals surface area (Å²) in [6.07, 6.45) is 4.28. The average molecular weight is 305 g/mol. The second-order valence-corrected chi connectivity index (χ2v) is 2.84. The molecule has 11 heavy (non-hydrogen) atoms. The third-order valence-corrected chi connectivity index (χ3v) is 1.95. The molecule has 1 heterocycles. The van der Waals surface area contributed by atoms with Crippen LogP contribution in [0.4, 0.5) is 0 Å². The molecule has 1 fully saturated rings. The molecule has 0 spiro atoms. The van der Waals surface area contributed by atoms with Crippen LogP contribution in [0.3, 0.4) is 0 Å². The number of rotatable bonds is 1. The van der Waals surface area contributed by atoms with E-state index in [1.54, 1.807) is 0 Å². The van der Waals surface area contributed by atoms with Gasteiger partial charge in [-0.05, 0) is 6.42 Å². The van der Waals surface area contributed by atoms with Gasteiger partial charge in [-0.1, -0.05) is 26.9 Å². The van der Waals surface area contributed by atoms with Crippen LogP contribution in [0.15, 0.2) is 0 Å². The summed E-state index contributed by atoms with van der Waals surface area (Å²) in [6, 6.07) is 0. The molecule has 0 saturated carbocycles. The van der Waals surface area contributed by atoms with Crippen molar-refractivity contribution < 1.29 is 70.2 Å². The molecule has 2 radical (unpaired) electrons. The first-order chi connectivity index (χ1) is 4.24. The maximum atomic E-state index is 5.57. The summed E-state index contributed by atoms with van der Waals surface area (Å²) in [6.45, 7) is 6.50. The van der Waals surface area contributed by atoms with Crippen LogP contribution in [-0.4, -0.2) is 12.2 Å². The van der Waals surface area contributed by atoms with Crippen molar-refractivity contribution in [2.75, 3.05) is 0 Å². The third kappa shape index (κ3) is 4.81. The second-order valence-electron chi connectivity index (χ2n) is 2.84. The topological polar surface area (TPSA) is 9.23 Å². The first kappa shape index (κ1) is 15.6. The van der Waals surface area contributed by atoms with Gasteiger partial charge < -0.3 is 4.74 Å². The maximum Gasteiger partial charge on any atom is 0.0297 e. The molecule has 0 aliphatic carbocycles. The Kier molecular flexibility index (Phi) is 10.7. The monoisotopic (exact) mass is 305 g/mol. The Morgan fingerprint density at radius 1 is 1.27 bits per heavy atom. The predicted molar refractivity (Wildman–Crippen MR) is 38.1 cm³/mol. The van der Waals surface area contributed by atoms with Crippen molar-refractivity contribution in [1.82, 2.24) is 0 Å². The van der Waals surface area contributed by atoms with E-state index < -0.39 is 0 Å². The van der Waals surface area contributed by atoms with Crippen LogP contribution in [-0.2, 0) is 70.2 Å². The van der Waals surface area contributed by atoms with Gasteiger partial charge in [0.15, 0.2) is 0 Å². The van der Waals surface area contributed by atoms with Gasteiger partial charge in [0, 0.05) is 71.5 Å². The number of hydrogen-bond donors (Lipinski definition) is 0. The minimum absolute atomic E-state index is 0. The average Bonchev–Trinajstić information content (AvgIpc) is 2.10. The van der Waals surface area contributed by atoms with Gasteiger partial charge in [0.05, 0.1) is 0 Å². The van der Waals surface area contributed by atoms with E-state index in [2.05, 4.69) is 27.2 Å². The van der Waals surface area contributed by atoms with Crippen LogP contribution in [0.5, 0.6) is 0 Å². The molecule has 0 bridgehead atoms. The van der Waals surface area contributed by atoms with Gasteiger partial charge in [-0.15, -0.1) is 5.92 Å². The summed E-state index contributed by atoms with van der Waals surface area (Å²) in [5.74, 6) is 0.657. The Morgan fingerprint density at radius 3 is 2.00 bits per heavy atom. The molecule has 1 aliphatic rings. The van der Waals surface area contributed by atoms with Crippen LogP contribution in [0.25, 0.3) is 0 Å². The third-order valence-electron chi connectivity index (χ3n) is 1.95. The van der Waals surface area contributed by atoms with Gasteiger partial charge in [0.25, 0.3) is 0 Å². The van der Waals surface area contributed by atoms with Gasteiger partial charge in [0.1, 0.15) is 0 Å². The molecule has 0 amide bonds. The molecule has 3 heteroatoms. The molecular weight excluding hydrogens is 290 g/mol. The Hall–Kier alpha value is 2.17. The molecule has 60 valence electrons. The molecule has 0 aromatic rings. The van der Waals surface area contributed by atoms with Crippen LogP contribution in [0.1, 0.15) is 27.2 Å². The molecule has 1 nitrogen and oxygen atoms in total. The molecule has 1 aliphatic heterocycles. The van der Waals surface area contributed by atoms with Crippen LogP contribution >= 0.6 is 0 Å². The zero-order valence-electron chi connectivity index (χ0n) is 7.58. The molecular formula is C8H15OY2-. The Morgan fingerprint density at radius 2 is 1.82 bits per heavy atom. The van der Waals surface area contributed by atoms with E-state index in [-0.39, 0.29) is 65.4 Å². The van der Waals surface area contributed by atoms with E-state index in [1.807, 2.05) is 0 Å². The smallest absolute Gasteiger partial charge is 0.0297 e. The fourth-order valence-electron chi connectivity index (χ4n) is 1.46. The Bertz CT molecular complexity index is 98.1. The first-order valence-electron chi connectivity index (χ1n) is 3.74. The SMILES string of the molecule is CCC1O[C@@H](C)[CH-]C1C.[Y].[Y]. The molecule has 3 atom stereocenters. The largest absolute Gasteiger partial charge is 0.409 e. The zero-order chi connectivity index (χ0) is 6.85. The summed E-state index contributed by atoms with van der Waals surface area (Å²) in [7, 11) is 0. The quantitative estimate of drug-likeness (QED) is 0.674. The maximum absolute atomic E-state index is 5.57. The summed E-state index contributed by atoms with van der Waals surface area (Å²) in [4.78, 5) is 0. The second kappa shape index (κ2) is 7.56. The summed E-state index contributed by atoms with van der Waals surface area (Å²) >= 11 is 0. The van der Waals surface area contributed by atoms with Crippen LogP contribution in [0.2, 0.25) is 0 Å². The Balaban J connectivity index is 0. The first-order valence-corrected chi connectivity index (χ1v) is 3.74. The van der Waals surface area contributed by atoms with Crippen molar-refractivity contribution in [3.63, 3.8) is 0 Å². The van der Waals surface area contributed by atoms with Crippen molar-refractivity contribution >= 4 is 0 Å². The van der Waals surface area contributed by atoms with Crippen LogP contribution < -0.4 is 0 Å². The predicted octanol–water partition coefficient (Wildman–Crippen LogP) is 2.02. The fourth-order valence-corrected chi connectivity index (χ4v) is 1.46. The summed E-state index contributed by atoms with van der Waals surface area (Å²) in [5, 5.41) is 0. The minimum atomic E-state index is 0.